The summed E-state index contributed by atoms with van der Waals surface area (Å²) in [6.07, 6.45) is -4.51. The van der Waals surface area contributed by atoms with Crippen LogP contribution < -0.4 is 0 Å². The van der Waals surface area contributed by atoms with Gasteiger partial charge in [0.1, 0.15) is 11.6 Å². The van der Waals surface area contributed by atoms with E-state index in [-0.39, 0.29) is 11.3 Å². The molecule has 0 aliphatic rings. The van der Waals surface area contributed by atoms with Crippen molar-refractivity contribution in [3.63, 3.8) is 0 Å². The Balaban J connectivity index is 0.000000892. The van der Waals surface area contributed by atoms with Crippen LogP contribution in [0.15, 0.2) is 18.2 Å². The van der Waals surface area contributed by atoms with E-state index in [2.05, 4.69) is 10.2 Å². The molecule has 0 saturated carbocycles. The van der Waals surface area contributed by atoms with Crippen LogP contribution in [0.1, 0.15) is 42.7 Å². The molecule has 0 saturated heterocycles. The molecule has 0 aliphatic heterocycles. The molecule has 0 bridgehead atoms. The Hall–Kier alpha value is -2.26. The summed E-state index contributed by atoms with van der Waals surface area (Å²) in [4.78, 5) is 2.00. The Labute approximate surface area is 161 Å². The molecule has 2 rings (SSSR count). The maximum Gasteiger partial charge on any atom is 0.419 e. The van der Waals surface area contributed by atoms with Crippen LogP contribution in [0.3, 0.4) is 0 Å². The summed E-state index contributed by atoms with van der Waals surface area (Å²) in [5, 5.41) is 27.4. The SMILES string of the molecule is CCCC(O)c1cc(C)c(-c2cc(F)c(C(F)(F)F)cc2O)nn1.CN(C)C. The molecule has 2 N–H and O–H groups in total. The standard InChI is InChI=1S/C16H16F4N2O2.C3H9N/c1-3-4-13(23)12-5-8(2)15(22-21-12)9-6-11(17)10(7-14(9)24)16(18,19)20;1-4(2)3/h5-7,13,23-24H,3-4H2,1-2H3;1-3H3. The number of aryl methyl sites for hydroxylation is 1. The molecule has 5 nitrogen and oxygen atoms in total. The molecule has 0 spiro atoms. The third-order valence-corrected chi connectivity index (χ3v) is 3.55. The fraction of sp³-hybridized carbons (Fsp3) is 0.474. The number of hydrogen-bond acceptors (Lipinski definition) is 5. The van der Waals surface area contributed by atoms with Gasteiger partial charge in [-0.1, -0.05) is 13.3 Å². The topological polar surface area (TPSA) is 69.5 Å². The van der Waals surface area contributed by atoms with Crippen LogP contribution in [0.25, 0.3) is 11.3 Å². The van der Waals surface area contributed by atoms with Crippen LogP contribution in [0, 0.1) is 12.7 Å². The number of aliphatic hydroxyl groups excluding tert-OH is 1. The predicted octanol–water partition coefficient (Wildman–Crippen LogP) is 4.33. The first-order chi connectivity index (χ1) is 12.9. The molecule has 1 atom stereocenters. The minimum absolute atomic E-state index is 0.0487. The zero-order valence-corrected chi connectivity index (χ0v) is 16.5. The highest BCUT2D eigenvalue weighted by Crippen LogP contribution is 2.38. The van der Waals surface area contributed by atoms with E-state index in [1.165, 1.54) is 6.07 Å². The lowest BCUT2D eigenvalue weighted by Gasteiger charge is -2.14. The summed E-state index contributed by atoms with van der Waals surface area (Å²) < 4.78 is 51.7. The van der Waals surface area contributed by atoms with E-state index in [0.717, 1.165) is 6.42 Å². The number of rotatable bonds is 4. The van der Waals surface area contributed by atoms with Crippen LogP contribution >= 0.6 is 0 Å². The Morgan fingerprint density at radius 3 is 2.14 bits per heavy atom. The smallest absolute Gasteiger partial charge is 0.419 e. The minimum Gasteiger partial charge on any atom is -0.507 e. The summed E-state index contributed by atoms with van der Waals surface area (Å²) in [7, 11) is 6.00. The molecule has 9 heteroatoms. The van der Waals surface area contributed by atoms with Crippen LogP contribution in [-0.2, 0) is 6.18 Å². The average Bonchev–Trinajstić information content (AvgIpc) is 2.55. The largest absolute Gasteiger partial charge is 0.507 e. The van der Waals surface area contributed by atoms with Crippen molar-refractivity contribution in [2.24, 2.45) is 0 Å². The molecule has 2 aromatic rings. The first-order valence-corrected chi connectivity index (χ1v) is 8.61. The Morgan fingerprint density at radius 2 is 1.68 bits per heavy atom. The summed E-state index contributed by atoms with van der Waals surface area (Å²) >= 11 is 0. The quantitative estimate of drug-likeness (QED) is 0.744. The lowest BCUT2D eigenvalue weighted by Crippen LogP contribution is -2.09. The van der Waals surface area contributed by atoms with Crippen LogP contribution in [0.4, 0.5) is 17.6 Å². The van der Waals surface area contributed by atoms with Gasteiger partial charge in [0, 0.05) is 5.56 Å². The molecular weight excluding hydrogens is 378 g/mol. The van der Waals surface area contributed by atoms with Crippen molar-refractivity contribution in [1.29, 1.82) is 0 Å². The van der Waals surface area contributed by atoms with E-state index < -0.39 is 29.4 Å². The summed E-state index contributed by atoms with van der Waals surface area (Å²) in [5.74, 6) is -2.26. The maximum atomic E-state index is 13.7. The molecule has 0 aliphatic carbocycles. The van der Waals surface area contributed by atoms with E-state index in [4.69, 9.17) is 0 Å². The number of aromatic hydroxyl groups is 1. The van der Waals surface area contributed by atoms with Gasteiger partial charge >= 0.3 is 6.18 Å². The van der Waals surface area contributed by atoms with Crippen molar-refractivity contribution in [3.8, 4) is 17.0 Å². The van der Waals surface area contributed by atoms with Crippen molar-refractivity contribution in [2.45, 2.75) is 39.0 Å². The molecular formula is C19H25F4N3O2. The molecule has 0 radical (unpaired) electrons. The van der Waals surface area contributed by atoms with Gasteiger partial charge in [0.05, 0.1) is 23.1 Å². The molecule has 1 aromatic carbocycles. The number of nitrogens with zero attached hydrogens (tertiary/aromatic N) is 3. The van der Waals surface area contributed by atoms with Gasteiger partial charge in [-0.05, 0) is 58.3 Å². The zero-order chi connectivity index (χ0) is 21.6. The number of aliphatic hydroxyl groups is 1. The van der Waals surface area contributed by atoms with Crippen molar-refractivity contribution < 1.29 is 27.8 Å². The maximum absolute atomic E-state index is 13.7. The summed E-state index contributed by atoms with van der Waals surface area (Å²) in [6, 6.07) is 2.42. The van der Waals surface area contributed by atoms with Crippen molar-refractivity contribution in [1.82, 2.24) is 15.1 Å². The van der Waals surface area contributed by atoms with E-state index in [0.29, 0.717) is 29.8 Å². The molecule has 0 amide bonds. The molecule has 28 heavy (non-hydrogen) atoms. The molecule has 1 aromatic heterocycles. The van der Waals surface area contributed by atoms with Crippen LogP contribution in [-0.4, -0.2) is 46.5 Å². The number of halogens is 4. The van der Waals surface area contributed by atoms with Gasteiger partial charge in [0.2, 0.25) is 0 Å². The number of hydrogen-bond donors (Lipinski definition) is 2. The average molecular weight is 403 g/mol. The Bertz CT molecular complexity index is 793. The third kappa shape index (κ3) is 6.42. The number of alkyl halides is 3. The van der Waals surface area contributed by atoms with Gasteiger partial charge in [-0.15, -0.1) is 5.10 Å². The van der Waals surface area contributed by atoms with E-state index in [1.54, 1.807) is 6.92 Å². The first-order valence-electron chi connectivity index (χ1n) is 8.61. The number of aromatic nitrogens is 2. The van der Waals surface area contributed by atoms with E-state index >= 15 is 0 Å². The van der Waals surface area contributed by atoms with Gasteiger partial charge in [-0.25, -0.2) is 4.39 Å². The molecule has 1 unspecified atom stereocenters. The number of phenols is 1. The molecule has 1 heterocycles. The second-order valence-electron chi connectivity index (χ2n) is 6.79. The summed E-state index contributed by atoms with van der Waals surface area (Å²) in [6.45, 7) is 3.47. The Kier molecular flexibility index (Phi) is 8.31. The second-order valence-corrected chi connectivity index (χ2v) is 6.79. The molecule has 0 fully saturated rings. The summed E-state index contributed by atoms with van der Waals surface area (Å²) in [5.41, 5.74) is -0.937. The van der Waals surface area contributed by atoms with Crippen molar-refractivity contribution in [3.05, 3.63) is 40.8 Å². The van der Waals surface area contributed by atoms with Gasteiger partial charge in [0.25, 0.3) is 0 Å². The van der Waals surface area contributed by atoms with Gasteiger partial charge < -0.3 is 15.1 Å². The van der Waals surface area contributed by atoms with E-state index in [9.17, 15) is 27.8 Å². The first kappa shape index (κ1) is 23.8. The van der Waals surface area contributed by atoms with Crippen LogP contribution in [0.5, 0.6) is 5.75 Å². The zero-order valence-electron chi connectivity index (χ0n) is 16.5. The predicted molar refractivity (Wildman–Crippen MR) is 98.3 cm³/mol. The highest BCUT2D eigenvalue weighted by Gasteiger charge is 2.35. The number of phenolic OH excluding ortho intramolecular Hbond substituents is 1. The van der Waals surface area contributed by atoms with E-state index in [1.807, 2.05) is 33.0 Å². The van der Waals surface area contributed by atoms with Gasteiger partial charge in [-0.2, -0.15) is 18.3 Å². The number of benzene rings is 1. The van der Waals surface area contributed by atoms with Gasteiger partial charge in [-0.3, -0.25) is 0 Å². The lowest BCUT2D eigenvalue weighted by atomic mass is 10.0. The second kappa shape index (κ2) is 9.79. The normalized spacial score (nSPS) is 12.5. The monoisotopic (exact) mass is 403 g/mol. The van der Waals surface area contributed by atoms with Crippen molar-refractivity contribution >= 4 is 0 Å². The highest BCUT2D eigenvalue weighted by atomic mass is 19.4. The minimum atomic E-state index is -4.91. The third-order valence-electron chi connectivity index (χ3n) is 3.55. The van der Waals surface area contributed by atoms with Crippen LogP contribution in [0.2, 0.25) is 0 Å². The van der Waals surface area contributed by atoms with Crippen molar-refractivity contribution in [2.75, 3.05) is 21.1 Å². The fourth-order valence-electron chi connectivity index (χ4n) is 2.32. The lowest BCUT2D eigenvalue weighted by molar-refractivity contribution is -0.140. The highest BCUT2D eigenvalue weighted by molar-refractivity contribution is 5.70. The fourth-order valence-corrected chi connectivity index (χ4v) is 2.32. The van der Waals surface area contributed by atoms with Gasteiger partial charge in [0.15, 0.2) is 0 Å². The molecule has 156 valence electrons. The Morgan fingerprint density at radius 1 is 1.11 bits per heavy atom.